The van der Waals surface area contributed by atoms with Crippen LogP contribution in [0, 0.1) is 12.7 Å². The largest absolute Gasteiger partial charge is 0.288 e. The molecule has 0 aliphatic carbocycles. The molecule has 4 heteroatoms. The molecule has 1 nitrogen and oxygen atoms in total. The molecule has 0 bridgehead atoms. The third-order valence-electron chi connectivity index (χ3n) is 2.49. The van der Waals surface area contributed by atoms with Crippen molar-refractivity contribution in [1.82, 2.24) is 0 Å². The van der Waals surface area contributed by atoms with Crippen molar-refractivity contribution in [2.24, 2.45) is 0 Å². The van der Waals surface area contributed by atoms with Crippen LogP contribution in [0.4, 0.5) is 4.39 Å². The van der Waals surface area contributed by atoms with Gasteiger partial charge in [-0.25, -0.2) is 4.39 Å². The minimum Gasteiger partial charge on any atom is -0.288 e. The predicted molar refractivity (Wildman–Crippen MR) is 76.4 cm³/mol. The van der Waals surface area contributed by atoms with Crippen molar-refractivity contribution < 1.29 is 9.18 Å². The first-order valence-electron chi connectivity index (χ1n) is 5.24. The van der Waals surface area contributed by atoms with Gasteiger partial charge >= 0.3 is 0 Å². The summed E-state index contributed by atoms with van der Waals surface area (Å²) < 4.78 is 15.2. The SMILES string of the molecule is Cc1ccc(F)c(C(=O)c2cc(Br)cc(Br)c2)c1. The van der Waals surface area contributed by atoms with Gasteiger partial charge in [0.05, 0.1) is 5.56 Å². The fourth-order valence-corrected chi connectivity index (χ4v) is 2.95. The Hall–Kier alpha value is -1.000. The Morgan fingerprint density at radius 1 is 1.06 bits per heavy atom. The van der Waals surface area contributed by atoms with E-state index in [9.17, 15) is 9.18 Å². The molecule has 0 aromatic heterocycles. The first-order valence-corrected chi connectivity index (χ1v) is 6.83. The van der Waals surface area contributed by atoms with Crippen molar-refractivity contribution in [1.29, 1.82) is 0 Å². The van der Waals surface area contributed by atoms with Crippen LogP contribution in [0.15, 0.2) is 45.3 Å². The van der Waals surface area contributed by atoms with Crippen molar-refractivity contribution >= 4 is 37.6 Å². The van der Waals surface area contributed by atoms with E-state index in [1.165, 1.54) is 6.07 Å². The molecule has 0 atom stereocenters. The van der Waals surface area contributed by atoms with Gasteiger partial charge in [0.1, 0.15) is 5.82 Å². The number of carbonyl (C=O) groups excluding carboxylic acids is 1. The fraction of sp³-hybridized carbons (Fsp3) is 0.0714. The second kappa shape index (κ2) is 5.33. The van der Waals surface area contributed by atoms with E-state index in [1.807, 2.05) is 13.0 Å². The van der Waals surface area contributed by atoms with Crippen LogP contribution in [-0.4, -0.2) is 5.78 Å². The van der Waals surface area contributed by atoms with E-state index >= 15 is 0 Å². The molecule has 2 aromatic rings. The van der Waals surface area contributed by atoms with Gasteiger partial charge in [0, 0.05) is 14.5 Å². The van der Waals surface area contributed by atoms with E-state index in [4.69, 9.17) is 0 Å². The molecular formula is C14H9Br2FO. The van der Waals surface area contributed by atoms with Crippen LogP contribution in [0.25, 0.3) is 0 Å². The first kappa shape index (κ1) is 13.4. The highest BCUT2D eigenvalue weighted by atomic mass is 79.9. The van der Waals surface area contributed by atoms with Crippen molar-refractivity contribution in [2.75, 3.05) is 0 Å². The van der Waals surface area contributed by atoms with E-state index in [0.717, 1.165) is 14.5 Å². The van der Waals surface area contributed by atoms with Crippen molar-refractivity contribution in [3.63, 3.8) is 0 Å². The molecule has 2 aromatic carbocycles. The normalized spacial score (nSPS) is 10.4. The Balaban J connectivity index is 2.51. The number of benzene rings is 2. The molecule has 0 N–H and O–H groups in total. The average Bonchev–Trinajstić information content (AvgIpc) is 2.30. The van der Waals surface area contributed by atoms with Crippen LogP contribution in [0.2, 0.25) is 0 Å². The highest BCUT2D eigenvalue weighted by molar-refractivity contribution is 9.11. The summed E-state index contributed by atoms with van der Waals surface area (Å²) in [5, 5.41) is 0. The van der Waals surface area contributed by atoms with E-state index in [-0.39, 0.29) is 11.3 Å². The molecule has 0 fully saturated rings. The highest BCUT2D eigenvalue weighted by Crippen LogP contribution is 2.23. The summed E-state index contributed by atoms with van der Waals surface area (Å²) in [5.41, 5.74) is 1.40. The van der Waals surface area contributed by atoms with Gasteiger partial charge < -0.3 is 0 Å². The fourth-order valence-electron chi connectivity index (χ4n) is 1.65. The maximum Gasteiger partial charge on any atom is 0.196 e. The van der Waals surface area contributed by atoms with E-state index < -0.39 is 5.82 Å². The Bertz CT molecular complexity index is 603. The molecule has 0 aliphatic heterocycles. The Kier molecular flexibility index (Phi) is 3.97. The monoisotopic (exact) mass is 370 g/mol. The molecule has 18 heavy (non-hydrogen) atoms. The standard InChI is InChI=1S/C14H9Br2FO/c1-8-2-3-13(17)12(4-8)14(18)9-5-10(15)7-11(16)6-9/h2-7H,1H3. The molecule has 0 heterocycles. The molecular weight excluding hydrogens is 363 g/mol. The van der Waals surface area contributed by atoms with Crippen LogP contribution >= 0.6 is 31.9 Å². The number of hydrogen-bond acceptors (Lipinski definition) is 1. The Morgan fingerprint density at radius 2 is 1.67 bits per heavy atom. The lowest BCUT2D eigenvalue weighted by Gasteiger charge is -2.05. The maximum absolute atomic E-state index is 13.7. The lowest BCUT2D eigenvalue weighted by atomic mass is 10.0. The minimum atomic E-state index is -0.498. The lowest BCUT2D eigenvalue weighted by Crippen LogP contribution is -2.04. The summed E-state index contributed by atoms with van der Waals surface area (Å²) in [5.74, 6) is -0.820. The van der Waals surface area contributed by atoms with Gasteiger partial charge in [-0.3, -0.25) is 4.79 Å². The zero-order valence-corrected chi connectivity index (χ0v) is 12.7. The number of aryl methyl sites for hydroxylation is 1. The molecule has 2 rings (SSSR count). The number of hydrogen-bond donors (Lipinski definition) is 0. The number of rotatable bonds is 2. The number of halogens is 3. The number of carbonyl (C=O) groups is 1. The molecule has 0 unspecified atom stereocenters. The topological polar surface area (TPSA) is 17.1 Å². The van der Waals surface area contributed by atoms with E-state index in [2.05, 4.69) is 31.9 Å². The van der Waals surface area contributed by atoms with Crippen molar-refractivity contribution in [3.05, 3.63) is 67.9 Å². The van der Waals surface area contributed by atoms with Gasteiger partial charge in [0.2, 0.25) is 0 Å². The van der Waals surface area contributed by atoms with Gasteiger partial charge in [-0.2, -0.15) is 0 Å². The molecule has 92 valence electrons. The molecule has 0 saturated carbocycles. The second-order valence-electron chi connectivity index (χ2n) is 3.97. The number of ketones is 1. The second-order valence-corrected chi connectivity index (χ2v) is 5.80. The molecule has 0 spiro atoms. The highest BCUT2D eigenvalue weighted by Gasteiger charge is 2.15. The smallest absolute Gasteiger partial charge is 0.196 e. The van der Waals surface area contributed by atoms with Crippen LogP contribution < -0.4 is 0 Å². The summed E-state index contributed by atoms with van der Waals surface area (Å²) in [7, 11) is 0. The van der Waals surface area contributed by atoms with Gasteiger partial charge in [0.15, 0.2) is 5.78 Å². The van der Waals surface area contributed by atoms with Crippen LogP contribution in [0.3, 0.4) is 0 Å². The first-order chi connectivity index (χ1) is 8.47. The lowest BCUT2D eigenvalue weighted by molar-refractivity contribution is 0.103. The summed E-state index contributed by atoms with van der Waals surface area (Å²) >= 11 is 6.62. The van der Waals surface area contributed by atoms with Crippen molar-refractivity contribution in [2.45, 2.75) is 6.92 Å². The van der Waals surface area contributed by atoms with Gasteiger partial charge in [-0.15, -0.1) is 0 Å². The average molecular weight is 372 g/mol. The third-order valence-corrected chi connectivity index (χ3v) is 3.41. The van der Waals surface area contributed by atoms with E-state index in [1.54, 1.807) is 24.3 Å². The quantitative estimate of drug-likeness (QED) is 0.687. The minimum absolute atomic E-state index is 0.0972. The Labute approximate surface area is 121 Å². The van der Waals surface area contributed by atoms with Gasteiger partial charge in [0.25, 0.3) is 0 Å². The molecule has 0 radical (unpaired) electrons. The summed E-state index contributed by atoms with van der Waals surface area (Å²) in [6.07, 6.45) is 0. The Morgan fingerprint density at radius 3 is 2.28 bits per heavy atom. The van der Waals surface area contributed by atoms with Gasteiger partial charge in [-0.05, 0) is 37.3 Å². The molecule has 0 amide bonds. The zero-order chi connectivity index (χ0) is 13.3. The maximum atomic E-state index is 13.7. The predicted octanol–water partition coefficient (Wildman–Crippen LogP) is 4.89. The molecule has 0 aliphatic rings. The third kappa shape index (κ3) is 2.87. The molecule has 0 saturated heterocycles. The van der Waals surface area contributed by atoms with Gasteiger partial charge in [-0.1, -0.05) is 43.5 Å². The van der Waals surface area contributed by atoms with Crippen LogP contribution in [0.1, 0.15) is 21.5 Å². The summed E-state index contributed by atoms with van der Waals surface area (Å²) in [4.78, 5) is 12.2. The van der Waals surface area contributed by atoms with Crippen LogP contribution in [0.5, 0.6) is 0 Å². The van der Waals surface area contributed by atoms with E-state index in [0.29, 0.717) is 5.56 Å². The summed E-state index contributed by atoms with van der Waals surface area (Å²) in [6, 6.07) is 9.69. The summed E-state index contributed by atoms with van der Waals surface area (Å²) in [6.45, 7) is 1.83. The zero-order valence-electron chi connectivity index (χ0n) is 9.51. The van der Waals surface area contributed by atoms with Crippen LogP contribution in [-0.2, 0) is 0 Å². The van der Waals surface area contributed by atoms with Crippen molar-refractivity contribution in [3.8, 4) is 0 Å².